The summed E-state index contributed by atoms with van der Waals surface area (Å²) in [6, 6.07) is 8.33. The van der Waals surface area contributed by atoms with E-state index in [9.17, 15) is 4.79 Å². The molecule has 19 heavy (non-hydrogen) atoms. The summed E-state index contributed by atoms with van der Waals surface area (Å²) in [6.45, 7) is 5.75. The Kier molecular flexibility index (Phi) is 4.43. The number of nitrogens with one attached hydrogen (secondary N) is 1. The molecule has 1 aliphatic heterocycles. The van der Waals surface area contributed by atoms with Crippen LogP contribution in [0.3, 0.4) is 0 Å². The zero-order chi connectivity index (χ0) is 13.8. The Hall–Kier alpha value is -1.55. The minimum absolute atomic E-state index is 0.0756. The zero-order valence-corrected chi connectivity index (χ0v) is 11.8. The van der Waals surface area contributed by atoms with Crippen molar-refractivity contribution in [2.45, 2.75) is 39.0 Å². The first kappa shape index (κ1) is 13.9. The third-order valence-electron chi connectivity index (χ3n) is 3.32. The first-order chi connectivity index (χ1) is 9.08. The van der Waals surface area contributed by atoms with Gasteiger partial charge in [-0.25, -0.2) is 0 Å². The average Bonchev–Trinajstić information content (AvgIpc) is 2.70. The normalized spacial score (nSPS) is 19.3. The summed E-state index contributed by atoms with van der Waals surface area (Å²) >= 11 is 0. The van der Waals surface area contributed by atoms with Gasteiger partial charge in [0.05, 0.1) is 0 Å². The second-order valence-corrected chi connectivity index (χ2v) is 5.30. The van der Waals surface area contributed by atoms with Crippen molar-refractivity contribution < 1.29 is 9.53 Å². The molecule has 1 aromatic rings. The Balaban J connectivity index is 2.05. The number of likely N-dealkylation sites (tertiary alicyclic amines) is 1. The van der Waals surface area contributed by atoms with E-state index < -0.39 is 0 Å². The first-order valence-corrected chi connectivity index (χ1v) is 6.81. The smallest absolute Gasteiger partial charge is 0.263 e. The van der Waals surface area contributed by atoms with Crippen molar-refractivity contribution >= 4 is 5.91 Å². The van der Waals surface area contributed by atoms with Crippen molar-refractivity contribution in [3.63, 3.8) is 0 Å². The number of hydrogen-bond donors (Lipinski definition) is 1. The fourth-order valence-corrected chi connectivity index (χ4v) is 2.13. The molecule has 4 nitrogen and oxygen atoms in total. The molecule has 0 bridgehead atoms. The highest BCUT2D eigenvalue weighted by Gasteiger charge is 2.31. The summed E-state index contributed by atoms with van der Waals surface area (Å²) in [7, 11) is 1.82. The van der Waals surface area contributed by atoms with E-state index in [2.05, 4.69) is 19.2 Å². The van der Waals surface area contributed by atoms with Gasteiger partial charge in [-0.2, -0.15) is 0 Å². The number of hydrogen-bond acceptors (Lipinski definition) is 3. The predicted molar refractivity (Wildman–Crippen MR) is 75.1 cm³/mol. The van der Waals surface area contributed by atoms with E-state index in [4.69, 9.17) is 4.74 Å². The molecule has 0 aromatic heterocycles. The Morgan fingerprint density at radius 2 is 2.16 bits per heavy atom. The molecule has 4 heteroatoms. The van der Waals surface area contributed by atoms with Crippen molar-refractivity contribution in [2.75, 3.05) is 13.6 Å². The lowest BCUT2D eigenvalue weighted by molar-refractivity contribution is -0.132. The molecule has 0 radical (unpaired) electrons. The Labute approximate surface area is 114 Å². The molecule has 0 aliphatic carbocycles. The van der Waals surface area contributed by atoms with Gasteiger partial charge in [-0.3, -0.25) is 4.79 Å². The van der Waals surface area contributed by atoms with E-state index in [-0.39, 0.29) is 12.0 Å². The summed E-state index contributed by atoms with van der Waals surface area (Å²) < 4.78 is 5.89. The lowest BCUT2D eigenvalue weighted by Crippen LogP contribution is -2.30. The van der Waals surface area contributed by atoms with Crippen LogP contribution in [0.2, 0.25) is 0 Å². The quantitative estimate of drug-likeness (QED) is 0.879. The van der Waals surface area contributed by atoms with Gasteiger partial charge in [-0.15, -0.1) is 0 Å². The van der Waals surface area contributed by atoms with Gasteiger partial charge < -0.3 is 15.0 Å². The molecule has 1 saturated heterocycles. The van der Waals surface area contributed by atoms with Crippen molar-refractivity contribution in [3.8, 4) is 5.75 Å². The van der Waals surface area contributed by atoms with Crippen LogP contribution in [0.5, 0.6) is 5.75 Å². The number of para-hydroxylation sites is 1. The maximum absolute atomic E-state index is 11.9. The molecular formula is C15H22N2O2. The zero-order valence-electron chi connectivity index (χ0n) is 11.8. The monoisotopic (exact) mass is 262 g/mol. The maximum Gasteiger partial charge on any atom is 0.263 e. The summed E-state index contributed by atoms with van der Waals surface area (Å²) in [4.78, 5) is 13.6. The van der Waals surface area contributed by atoms with Gasteiger partial charge in [0.25, 0.3) is 5.91 Å². The van der Waals surface area contributed by atoms with Crippen LogP contribution in [0, 0.1) is 0 Å². The lowest BCUT2D eigenvalue weighted by Gasteiger charge is -2.17. The number of ether oxygens (including phenoxy) is 1. The summed E-state index contributed by atoms with van der Waals surface area (Å²) in [5.41, 5.74) is 1.10. The van der Waals surface area contributed by atoms with Crippen LogP contribution < -0.4 is 10.1 Å². The number of likely N-dealkylation sites (N-methyl/N-ethyl adjacent to an activating group) is 1. The standard InChI is InChI=1S/C15H22N2O2/c1-11(2)16-10-12-6-4-5-7-13(12)19-14-8-9-17(3)15(14)18/h4-7,11,14,16H,8-10H2,1-3H3. The van der Waals surface area contributed by atoms with E-state index >= 15 is 0 Å². The van der Waals surface area contributed by atoms with Gasteiger partial charge in [0.2, 0.25) is 0 Å². The van der Waals surface area contributed by atoms with Crippen LogP contribution in [0.1, 0.15) is 25.8 Å². The minimum Gasteiger partial charge on any atom is -0.480 e. The molecule has 1 fully saturated rings. The molecule has 0 spiro atoms. The molecule has 2 rings (SSSR count). The molecule has 1 aromatic carbocycles. The van der Waals surface area contributed by atoms with Gasteiger partial charge >= 0.3 is 0 Å². The maximum atomic E-state index is 11.9. The van der Waals surface area contributed by atoms with Crippen molar-refractivity contribution in [1.82, 2.24) is 10.2 Å². The predicted octanol–water partition coefficient (Wildman–Crippen LogP) is 1.79. The SMILES string of the molecule is CC(C)NCc1ccccc1OC1CCN(C)C1=O. The highest BCUT2D eigenvalue weighted by Crippen LogP contribution is 2.23. The largest absolute Gasteiger partial charge is 0.480 e. The second-order valence-electron chi connectivity index (χ2n) is 5.30. The third-order valence-corrected chi connectivity index (χ3v) is 3.32. The second kappa shape index (κ2) is 6.06. The van der Waals surface area contributed by atoms with Gasteiger partial charge in [-0.05, 0) is 6.07 Å². The van der Waals surface area contributed by atoms with Crippen LogP contribution in [-0.4, -0.2) is 36.5 Å². The fourth-order valence-electron chi connectivity index (χ4n) is 2.13. The molecule has 104 valence electrons. The molecule has 1 unspecified atom stereocenters. The van der Waals surface area contributed by atoms with Crippen molar-refractivity contribution in [2.24, 2.45) is 0 Å². The summed E-state index contributed by atoms with van der Waals surface area (Å²) in [5, 5.41) is 3.37. The van der Waals surface area contributed by atoms with Crippen LogP contribution >= 0.6 is 0 Å². The Morgan fingerprint density at radius 3 is 2.79 bits per heavy atom. The molecule has 1 heterocycles. The number of amides is 1. The van der Waals surface area contributed by atoms with E-state index in [1.165, 1.54) is 0 Å². The lowest BCUT2D eigenvalue weighted by atomic mass is 10.2. The highest BCUT2D eigenvalue weighted by molar-refractivity contribution is 5.83. The van der Waals surface area contributed by atoms with E-state index in [0.717, 1.165) is 30.8 Å². The molecule has 1 atom stereocenters. The van der Waals surface area contributed by atoms with Gasteiger partial charge in [-0.1, -0.05) is 32.0 Å². The molecule has 1 aliphatic rings. The minimum atomic E-state index is -0.329. The molecule has 0 saturated carbocycles. The first-order valence-electron chi connectivity index (χ1n) is 6.81. The number of carbonyl (C=O) groups excluding carboxylic acids is 1. The van der Waals surface area contributed by atoms with E-state index in [0.29, 0.717) is 6.04 Å². The third kappa shape index (κ3) is 3.47. The molecule has 1 N–H and O–H groups in total. The summed E-state index contributed by atoms with van der Waals surface area (Å²) in [5.74, 6) is 0.885. The van der Waals surface area contributed by atoms with Crippen LogP contribution in [0.25, 0.3) is 0 Å². The highest BCUT2D eigenvalue weighted by atomic mass is 16.5. The van der Waals surface area contributed by atoms with Crippen LogP contribution in [0.4, 0.5) is 0 Å². The number of rotatable bonds is 5. The van der Waals surface area contributed by atoms with E-state index in [1.54, 1.807) is 4.90 Å². The Morgan fingerprint density at radius 1 is 1.42 bits per heavy atom. The van der Waals surface area contributed by atoms with Crippen molar-refractivity contribution in [3.05, 3.63) is 29.8 Å². The fraction of sp³-hybridized carbons (Fsp3) is 0.533. The van der Waals surface area contributed by atoms with E-state index in [1.807, 2.05) is 31.3 Å². The van der Waals surface area contributed by atoms with Gasteiger partial charge in [0.1, 0.15) is 5.75 Å². The van der Waals surface area contributed by atoms with Crippen LogP contribution in [0.15, 0.2) is 24.3 Å². The number of nitrogens with zero attached hydrogens (tertiary/aromatic N) is 1. The Bertz CT molecular complexity index is 446. The van der Waals surface area contributed by atoms with Crippen molar-refractivity contribution in [1.29, 1.82) is 0 Å². The van der Waals surface area contributed by atoms with Gasteiger partial charge in [0, 0.05) is 38.2 Å². The number of carbonyl (C=O) groups is 1. The van der Waals surface area contributed by atoms with Crippen LogP contribution in [-0.2, 0) is 11.3 Å². The average molecular weight is 262 g/mol. The number of benzene rings is 1. The van der Waals surface area contributed by atoms with Gasteiger partial charge in [0.15, 0.2) is 6.10 Å². The summed E-state index contributed by atoms with van der Waals surface area (Å²) in [6.07, 6.45) is 0.437. The topological polar surface area (TPSA) is 41.6 Å². The molecule has 1 amide bonds. The molecular weight excluding hydrogens is 240 g/mol.